The molecule has 0 aliphatic carbocycles. The van der Waals surface area contributed by atoms with Gasteiger partial charge in [-0.2, -0.15) is 4.98 Å². The lowest BCUT2D eigenvalue weighted by atomic mass is 9.93. The Morgan fingerprint density at radius 2 is 1.75 bits per heavy atom. The van der Waals surface area contributed by atoms with Crippen LogP contribution in [0.15, 0.2) is 59.8 Å². The standard InChI is InChI=1S/C36H43N7O4S/c1-22(2)29-20-47-33-25(5)32(31-23(3)10-8-11-24(31)4)39-35(40-33)41-48(45,46)28-13-9-12-26(16-28)34(44)43(29)19-27-17-38-30(18-37-27)42-15-14-36(6,7)21-42/h8-13,16-18,22,29H,14-15,19-21H2,1-7H3,(H,39,40,41)/t29-/m0/s1. The van der Waals surface area contributed by atoms with Gasteiger partial charge in [0.1, 0.15) is 12.4 Å². The summed E-state index contributed by atoms with van der Waals surface area (Å²) in [6, 6.07) is 11.5. The van der Waals surface area contributed by atoms with Gasteiger partial charge < -0.3 is 14.5 Å². The van der Waals surface area contributed by atoms with Crippen molar-refractivity contribution in [3.8, 4) is 17.1 Å². The maximum Gasteiger partial charge on any atom is 0.264 e. The van der Waals surface area contributed by atoms with Crippen molar-refractivity contribution in [2.75, 3.05) is 29.3 Å². The summed E-state index contributed by atoms with van der Waals surface area (Å²) < 4.78 is 36.4. The lowest BCUT2D eigenvalue weighted by Gasteiger charge is -2.34. The molecule has 1 fully saturated rings. The molecule has 0 radical (unpaired) electrons. The number of sulfonamides is 1. The van der Waals surface area contributed by atoms with Crippen molar-refractivity contribution in [2.24, 2.45) is 11.3 Å². The number of nitrogens with one attached hydrogen (secondary N) is 1. The van der Waals surface area contributed by atoms with Gasteiger partial charge in [-0.05, 0) is 67.9 Å². The maximum absolute atomic E-state index is 14.3. The molecule has 0 saturated carbocycles. The zero-order valence-electron chi connectivity index (χ0n) is 28.6. The van der Waals surface area contributed by atoms with Crippen molar-refractivity contribution in [1.29, 1.82) is 0 Å². The lowest BCUT2D eigenvalue weighted by molar-refractivity contribution is 0.0500. The highest BCUT2D eigenvalue weighted by Crippen LogP contribution is 2.35. The monoisotopic (exact) mass is 669 g/mol. The molecular weight excluding hydrogens is 627 g/mol. The molecular formula is C36H43N7O4S. The fraction of sp³-hybridized carbons (Fsp3) is 0.417. The fourth-order valence-corrected chi connectivity index (χ4v) is 7.47. The second-order valence-electron chi connectivity index (χ2n) is 14.0. The van der Waals surface area contributed by atoms with E-state index >= 15 is 0 Å². The van der Waals surface area contributed by atoms with E-state index in [0.29, 0.717) is 17.0 Å². The van der Waals surface area contributed by atoms with Gasteiger partial charge in [0.2, 0.25) is 11.8 Å². The first-order valence-electron chi connectivity index (χ1n) is 16.3. The number of hydrogen-bond acceptors (Lipinski definition) is 9. The van der Waals surface area contributed by atoms with Gasteiger partial charge in [0, 0.05) is 29.8 Å². The maximum atomic E-state index is 14.3. The van der Waals surface area contributed by atoms with Crippen LogP contribution in [0.25, 0.3) is 11.3 Å². The highest BCUT2D eigenvalue weighted by atomic mass is 32.2. The van der Waals surface area contributed by atoms with Crippen molar-refractivity contribution in [3.63, 3.8) is 0 Å². The molecule has 48 heavy (non-hydrogen) atoms. The summed E-state index contributed by atoms with van der Waals surface area (Å²) in [5.41, 5.74) is 5.15. The van der Waals surface area contributed by atoms with Crippen LogP contribution in [0, 0.1) is 32.1 Å². The molecule has 2 aromatic heterocycles. The molecule has 1 amide bonds. The summed E-state index contributed by atoms with van der Waals surface area (Å²) in [6.45, 7) is 16.5. The van der Waals surface area contributed by atoms with Gasteiger partial charge >= 0.3 is 0 Å². The van der Waals surface area contributed by atoms with E-state index in [1.165, 1.54) is 12.1 Å². The number of anilines is 2. The summed E-state index contributed by atoms with van der Waals surface area (Å²) >= 11 is 0. The third kappa shape index (κ3) is 6.71. The number of carbonyl (C=O) groups excluding carboxylic acids is 1. The molecule has 4 aromatic rings. The Balaban J connectivity index is 1.43. The number of aryl methyl sites for hydroxylation is 2. The molecule has 11 nitrogen and oxygen atoms in total. The zero-order chi connectivity index (χ0) is 34.4. The van der Waals surface area contributed by atoms with E-state index < -0.39 is 16.1 Å². The minimum absolute atomic E-state index is 0.0390. The van der Waals surface area contributed by atoms with Gasteiger partial charge in [-0.1, -0.05) is 52.0 Å². The van der Waals surface area contributed by atoms with Gasteiger partial charge in [-0.3, -0.25) is 9.78 Å². The molecule has 0 spiro atoms. The summed E-state index contributed by atoms with van der Waals surface area (Å²) in [4.78, 5) is 36.9. The largest absolute Gasteiger partial charge is 0.475 e. The van der Waals surface area contributed by atoms with E-state index in [9.17, 15) is 13.2 Å². The fourth-order valence-electron chi connectivity index (χ4n) is 6.48. The SMILES string of the molecule is Cc1cccc(C)c1-c1nc2nc(c1C)OC[C@@H](C(C)C)N(Cc1cnc(N3CCC(C)(C)C3)cn1)C(=O)c1cccc(c1)S(=O)(=O)N2. The topological polar surface area (TPSA) is 131 Å². The van der Waals surface area contributed by atoms with Gasteiger partial charge in [0.15, 0.2) is 0 Å². The first-order chi connectivity index (χ1) is 22.7. The van der Waals surface area contributed by atoms with E-state index in [1.54, 1.807) is 29.4 Å². The molecule has 2 aliphatic heterocycles. The van der Waals surface area contributed by atoms with Crippen molar-refractivity contribution < 1.29 is 17.9 Å². The molecule has 1 saturated heterocycles. The molecule has 1 N–H and O–H groups in total. The lowest BCUT2D eigenvalue weighted by Crippen LogP contribution is -2.46. The second-order valence-corrected chi connectivity index (χ2v) is 15.7. The van der Waals surface area contributed by atoms with Crippen molar-refractivity contribution in [2.45, 2.75) is 72.4 Å². The van der Waals surface area contributed by atoms with E-state index in [-0.39, 0.29) is 52.7 Å². The smallest absolute Gasteiger partial charge is 0.264 e. The number of benzene rings is 2. The number of amides is 1. The summed E-state index contributed by atoms with van der Waals surface area (Å²) in [5, 5.41) is 0. The van der Waals surface area contributed by atoms with E-state index in [0.717, 1.165) is 42.0 Å². The Morgan fingerprint density at radius 1 is 1.02 bits per heavy atom. The highest BCUT2D eigenvalue weighted by Gasteiger charge is 2.33. The predicted octanol–water partition coefficient (Wildman–Crippen LogP) is 5.96. The van der Waals surface area contributed by atoms with Crippen LogP contribution in [0.3, 0.4) is 0 Å². The molecule has 0 unspecified atom stereocenters. The summed E-state index contributed by atoms with van der Waals surface area (Å²) in [6.07, 6.45) is 4.57. The van der Waals surface area contributed by atoms with Crippen LogP contribution >= 0.6 is 0 Å². The van der Waals surface area contributed by atoms with Crippen LogP contribution in [0.2, 0.25) is 0 Å². The van der Waals surface area contributed by atoms with Gasteiger partial charge in [0.05, 0.1) is 41.3 Å². The minimum Gasteiger partial charge on any atom is -0.475 e. The second kappa shape index (κ2) is 12.8. The van der Waals surface area contributed by atoms with Crippen molar-refractivity contribution in [1.82, 2.24) is 24.8 Å². The molecule has 4 heterocycles. The number of aromatic nitrogens is 4. The quantitative estimate of drug-likeness (QED) is 0.274. The third-order valence-electron chi connectivity index (χ3n) is 9.28. The van der Waals surface area contributed by atoms with Crippen LogP contribution in [-0.4, -0.2) is 64.9 Å². The Kier molecular flexibility index (Phi) is 8.88. The molecule has 12 heteroatoms. The number of fused-ring (bicyclic) bond motifs is 4. The summed E-state index contributed by atoms with van der Waals surface area (Å²) in [5.74, 6) is 0.555. The first kappa shape index (κ1) is 33.3. The average Bonchev–Trinajstić information content (AvgIpc) is 3.41. The number of carbonyl (C=O) groups is 1. The number of ether oxygens (including phenoxy) is 1. The number of nitrogens with zero attached hydrogens (tertiary/aromatic N) is 6. The van der Waals surface area contributed by atoms with Crippen LogP contribution in [0.4, 0.5) is 11.8 Å². The average molecular weight is 670 g/mol. The molecule has 252 valence electrons. The van der Waals surface area contributed by atoms with Crippen molar-refractivity contribution >= 4 is 27.7 Å². The normalized spacial score (nSPS) is 18.8. The molecule has 2 aliphatic rings. The zero-order valence-corrected chi connectivity index (χ0v) is 29.4. The van der Waals surface area contributed by atoms with E-state index in [2.05, 4.69) is 33.4 Å². The van der Waals surface area contributed by atoms with E-state index in [4.69, 9.17) is 14.7 Å². The highest BCUT2D eigenvalue weighted by molar-refractivity contribution is 7.92. The number of hydrogen-bond donors (Lipinski definition) is 1. The van der Waals surface area contributed by atoms with Gasteiger partial charge in [-0.15, -0.1) is 0 Å². The Bertz CT molecular complexity index is 1940. The predicted molar refractivity (Wildman–Crippen MR) is 186 cm³/mol. The van der Waals surface area contributed by atoms with Crippen LogP contribution in [0.1, 0.15) is 66.9 Å². The van der Waals surface area contributed by atoms with Gasteiger partial charge in [0.25, 0.3) is 15.9 Å². The van der Waals surface area contributed by atoms with Crippen LogP contribution in [0.5, 0.6) is 5.88 Å². The third-order valence-corrected chi connectivity index (χ3v) is 10.6. The minimum atomic E-state index is -4.17. The van der Waals surface area contributed by atoms with E-state index in [1.807, 2.05) is 52.8 Å². The van der Waals surface area contributed by atoms with Crippen LogP contribution in [-0.2, 0) is 16.6 Å². The van der Waals surface area contributed by atoms with Gasteiger partial charge in [-0.25, -0.2) is 23.1 Å². The Hall–Kier alpha value is -4.58. The first-order valence-corrected chi connectivity index (χ1v) is 17.8. The molecule has 6 rings (SSSR count). The Morgan fingerprint density at radius 3 is 2.40 bits per heavy atom. The van der Waals surface area contributed by atoms with Crippen LogP contribution < -0.4 is 14.4 Å². The Labute approximate surface area is 282 Å². The summed E-state index contributed by atoms with van der Waals surface area (Å²) in [7, 11) is -4.17. The molecule has 4 bridgehead atoms. The molecule has 1 atom stereocenters. The number of rotatable bonds is 5. The van der Waals surface area contributed by atoms with Crippen molar-refractivity contribution in [3.05, 3.63) is 82.8 Å². The molecule has 2 aromatic carbocycles.